The highest BCUT2D eigenvalue weighted by atomic mass is 16.5. The first kappa shape index (κ1) is 17.8. The molecule has 0 aliphatic heterocycles. The molecule has 1 N–H and O–H groups in total. The molecule has 0 amide bonds. The van der Waals surface area contributed by atoms with Crippen LogP contribution in [0.1, 0.15) is 39.2 Å². The minimum atomic E-state index is 0.0683. The van der Waals surface area contributed by atoms with E-state index < -0.39 is 0 Å². The van der Waals surface area contributed by atoms with E-state index in [0.29, 0.717) is 6.61 Å². The average molecular weight is 295 g/mol. The molecule has 0 aromatic heterocycles. The van der Waals surface area contributed by atoms with Crippen LogP contribution in [0.2, 0.25) is 0 Å². The van der Waals surface area contributed by atoms with Crippen molar-refractivity contribution in [3.63, 3.8) is 0 Å². The van der Waals surface area contributed by atoms with Gasteiger partial charge in [-0.05, 0) is 51.8 Å². The summed E-state index contributed by atoms with van der Waals surface area (Å²) < 4.78 is 16.2. The summed E-state index contributed by atoms with van der Waals surface area (Å²) in [6.45, 7) is 8.70. The van der Waals surface area contributed by atoms with Crippen molar-refractivity contribution >= 4 is 0 Å². The molecule has 4 heteroatoms. The van der Waals surface area contributed by atoms with E-state index in [1.165, 1.54) is 0 Å². The molecule has 0 aliphatic carbocycles. The van der Waals surface area contributed by atoms with Crippen LogP contribution in [-0.2, 0) is 11.3 Å². The summed E-state index contributed by atoms with van der Waals surface area (Å²) >= 11 is 0. The average Bonchev–Trinajstić information content (AvgIpc) is 2.44. The first-order chi connectivity index (χ1) is 9.96. The SMILES string of the molecule is COCCCCOc1ccc(OC)cc1CNC(C)(C)C. The van der Waals surface area contributed by atoms with Crippen molar-refractivity contribution in [2.24, 2.45) is 0 Å². The fourth-order valence-corrected chi connectivity index (χ4v) is 1.85. The monoisotopic (exact) mass is 295 g/mol. The van der Waals surface area contributed by atoms with E-state index in [9.17, 15) is 0 Å². The third-order valence-corrected chi connectivity index (χ3v) is 3.08. The van der Waals surface area contributed by atoms with Crippen LogP contribution in [0.25, 0.3) is 0 Å². The maximum absolute atomic E-state index is 5.90. The molecule has 0 fully saturated rings. The van der Waals surface area contributed by atoms with Gasteiger partial charge in [-0.2, -0.15) is 0 Å². The van der Waals surface area contributed by atoms with E-state index in [1.807, 2.05) is 18.2 Å². The number of rotatable bonds is 9. The second kappa shape index (κ2) is 8.90. The van der Waals surface area contributed by atoms with E-state index in [1.54, 1.807) is 14.2 Å². The Bertz CT molecular complexity index is 413. The molecule has 120 valence electrons. The van der Waals surface area contributed by atoms with Gasteiger partial charge in [0.25, 0.3) is 0 Å². The summed E-state index contributed by atoms with van der Waals surface area (Å²) in [5.74, 6) is 1.78. The molecule has 0 aliphatic rings. The molecule has 1 aromatic rings. The number of hydrogen-bond donors (Lipinski definition) is 1. The van der Waals surface area contributed by atoms with Gasteiger partial charge >= 0.3 is 0 Å². The number of ether oxygens (including phenoxy) is 3. The zero-order valence-electron chi connectivity index (χ0n) is 14.0. The van der Waals surface area contributed by atoms with Crippen LogP contribution in [0.3, 0.4) is 0 Å². The highest BCUT2D eigenvalue weighted by Crippen LogP contribution is 2.25. The molecule has 0 heterocycles. The maximum atomic E-state index is 5.90. The first-order valence-corrected chi connectivity index (χ1v) is 7.50. The largest absolute Gasteiger partial charge is 0.497 e. The number of nitrogens with one attached hydrogen (secondary N) is 1. The van der Waals surface area contributed by atoms with Gasteiger partial charge in [-0.1, -0.05) is 0 Å². The van der Waals surface area contributed by atoms with Gasteiger partial charge < -0.3 is 19.5 Å². The van der Waals surface area contributed by atoms with E-state index in [2.05, 4.69) is 26.1 Å². The second-order valence-corrected chi connectivity index (χ2v) is 6.13. The van der Waals surface area contributed by atoms with Crippen molar-refractivity contribution in [2.45, 2.75) is 45.7 Å². The molecule has 0 saturated heterocycles. The smallest absolute Gasteiger partial charge is 0.124 e. The van der Waals surface area contributed by atoms with Gasteiger partial charge in [0, 0.05) is 31.4 Å². The fourth-order valence-electron chi connectivity index (χ4n) is 1.85. The van der Waals surface area contributed by atoms with Crippen LogP contribution in [0.4, 0.5) is 0 Å². The summed E-state index contributed by atoms with van der Waals surface area (Å²) in [7, 11) is 3.40. The predicted octanol–water partition coefficient (Wildman–Crippen LogP) is 3.39. The lowest BCUT2D eigenvalue weighted by Gasteiger charge is -2.22. The molecular weight excluding hydrogens is 266 g/mol. The van der Waals surface area contributed by atoms with Crippen molar-refractivity contribution in [3.05, 3.63) is 23.8 Å². The summed E-state index contributed by atoms with van der Waals surface area (Å²) in [6, 6.07) is 5.95. The van der Waals surface area contributed by atoms with Gasteiger partial charge in [0.05, 0.1) is 13.7 Å². The summed E-state index contributed by atoms with van der Waals surface area (Å²) in [4.78, 5) is 0. The molecule has 21 heavy (non-hydrogen) atoms. The molecule has 0 unspecified atom stereocenters. The zero-order chi connectivity index (χ0) is 15.7. The normalized spacial score (nSPS) is 11.5. The Hall–Kier alpha value is -1.26. The maximum Gasteiger partial charge on any atom is 0.124 e. The summed E-state index contributed by atoms with van der Waals surface area (Å²) in [5, 5.41) is 3.49. The standard InChI is InChI=1S/C17H29NO3/c1-17(2,3)18-13-14-12-15(20-5)8-9-16(14)21-11-7-6-10-19-4/h8-9,12,18H,6-7,10-11,13H2,1-5H3. The Morgan fingerprint density at radius 3 is 2.38 bits per heavy atom. The van der Waals surface area contributed by atoms with Gasteiger partial charge in [-0.3, -0.25) is 0 Å². The Kier molecular flexibility index (Phi) is 7.54. The van der Waals surface area contributed by atoms with Crippen molar-refractivity contribution in [1.29, 1.82) is 0 Å². The van der Waals surface area contributed by atoms with Crippen LogP contribution in [0.15, 0.2) is 18.2 Å². The number of hydrogen-bond acceptors (Lipinski definition) is 4. The molecule has 0 atom stereocenters. The van der Waals surface area contributed by atoms with E-state index in [0.717, 1.165) is 43.1 Å². The van der Waals surface area contributed by atoms with Gasteiger partial charge in [-0.15, -0.1) is 0 Å². The van der Waals surface area contributed by atoms with Crippen LogP contribution in [0.5, 0.6) is 11.5 Å². The topological polar surface area (TPSA) is 39.7 Å². The molecular formula is C17H29NO3. The lowest BCUT2D eigenvalue weighted by Crippen LogP contribution is -2.35. The number of unbranched alkanes of at least 4 members (excludes halogenated alkanes) is 1. The molecule has 0 radical (unpaired) electrons. The van der Waals surface area contributed by atoms with Crippen LogP contribution in [0, 0.1) is 0 Å². The van der Waals surface area contributed by atoms with Crippen LogP contribution < -0.4 is 14.8 Å². The fraction of sp³-hybridized carbons (Fsp3) is 0.647. The number of benzene rings is 1. The van der Waals surface area contributed by atoms with Gasteiger partial charge in [-0.25, -0.2) is 0 Å². The lowest BCUT2D eigenvalue weighted by molar-refractivity contribution is 0.184. The molecule has 1 aromatic carbocycles. The van der Waals surface area contributed by atoms with Crippen molar-refractivity contribution < 1.29 is 14.2 Å². The minimum absolute atomic E-state index is 0.0683. The predicted molar refractivity (Wildman–Crippen MR) is 86.2 cm³/mol. The molecule has 0 spiro atoms. The Morgan fingerprint density at radius 1 is 1.05 bits per heavy atom. The Morgan fingerprint density at radius 2 is 1.76 bits per heavy atom. The highest BCUT2D eigenvalue weighted by molar-refractivity contribution is 5.40. The van der Waals surface area contributed by atoms with Crippen LogP contribution >= 0.6 is 0 Å². The van der Waals surface area contributed by atoms with E-state index >= 15 is 0 Å². The molecule has 0 saturated carbocycles. The van der Waals surface area contributed by atoms with Crippen molar-refractivity contribution in [1.82, 2.24) is 5.32 Å². The first-order valence-electron chi connectivity index (χ1n) is 7.50. The molecule has 0 bridgehead atoms. The minimum Gasteiger partial charge on any atom is -0.497 e. The van der Waals surface area contributed by atoms with E-state index in [4.69, 9.17) is 14.2 Å². The Balaban J connectivity index is 2.63. The quantitative estimate of drug-likeness (QED) is 0.709. The molecule has 4 nitrogen and oxygen atoms in total. The van der Waals surface area contributed by atoms with E-state index in [-0.39, 0.29) is 5.54 Å². The molecule has 1 rings (SSSR count). The number of methoxy groups -OCH3 is 2. The lowest BCUT2D eigenvalue weighted by atomic mass is 10.1. The van der Waals surface area contributed by atoms with Crippen molar-refractivity contribution in [2.75, 3.05) is 27.4 Å². The summed E-state index contributed by atoms with van der Waals surface area (Å²) in [6.07, 6.45) is 2.01. The van der Waals surface area contributed by atoms with Crippen molar-refractivity contribution in [3.8, 4) is 11.5 Å². The van der Waals surface area contributed by atoms with Crippen LogP contribution in [-0.4, -0.2) is 33.0 Å². The second-order valence-electron chi connectivity index (χ2n) is 6.13. The van der Waals surface area contributed by atoms with Gasteiger partial charge in [0.1, 0.15) is 11.5 Å². The van der Waals surface area contributed by atoms with Gasteiger partial charge in [0.2, 0.25) is 0 Å². The summed E-state index contributed by atoms with van der Waals surface area (Å²) in [5.41, 5.74) is 1.19. The highest BCUT2D eigenvalue weighted by Gasteiger charge is 2.12. The third kappa shape index (κ3) is 7.34. The third-order valence-electron chi connectivity index (χ3n) is 3.08. The zero-order valence-corrected chi connectivity index (χ0v) is 14.0. The van der Waals surface area contributed by atoms with Gasteiger partial charge in [0.15, 0.2) is 0 Å². The Labute approximate surface area is 128 Å².